The van der Waals surface area contributed by atoms with Crippen molar-refractivity contribution < 1.29 is 14.3 Å². The van der Waals surface area contributed by atoms with Crippen LogP contribution in [-0.2, 0) is 11.2 Å². The van der Waals surface area contributed by atoms with Gasteiger partial charge in [-0.1, -0.05) is 56.3 Å². The molecule has 6 nitrogen and oxygen atoms in total. The van der Waals surface area contributed by atoms with E-state index in [1.165, 1.54) is 5.56 Å². The third-order valence-corrected chi connectivity index (χ3v) is 6.69. The van der Waals surface area contributed by atoms with Crippen molar-refractivity contribution in [2.45, 2.75) is 40.0 Å². The van der Waals surface area contributed by atoms with Crippen LogP contribution in [-0.4, -0.2) is 49.4 Å². The first-order valence-corrected chi connectivity index (χ1v) is 13.3. The number of nitrogens with zero attached hydrogens (tertiary/aromatic N) is 2. The number of carbonyl (C=O) groups is 1. The quantitative estimate of drug-likeness (QED) is 0.300. The average Bonchev–Trinajstić information content (AvgIpc) is 3.24. The molecule has 1 aliphatic rings. The summed E-state index contributed by atoms with van der Waals surface area (Å²) in [6, 6.07) is 22.0. The van der Waals surface area contributed by atoms with Gasteiger partial charge in [-0.2, -0.15) is 0 Å². The van der Waals surface area contributed by atoms with Crippen LogP contribution in [0.3, 0.4) is 0 Å². The van der Waals surface area contributed by atoms with E-state index in [0.717, 1.165) is 48.6 Å². The molecule has 0 aliphatic carbocycles. The summed E-state index contributed by atoms with van der Waals surface area (Å²) < 4.78 is 11.6. The molecule has 1 heterocycles. The topological polar surface area (TPSA) is 63.2 Å². The number of amides is 1. The predicted octanol–water partition coefficient (Wildman–Crippen LogP) is 6.23. The maximum atomic E-state index is 13.4. The van der Waals surface area contributed by atoms with Crippen LogP contribution in [0.25, 0.3) is 0 Å². The summed E-state index contributed by atoms with van der Waals surface area (Å²) in [4.78, 5) is 20.8. The number of fused-ring (bicyclic) bond motifs is 1. The van der Waals surface area contributed by atoms with Gasteiger partial charge in [-0.15, -0.1) is 0 Å². The lowest BCUT2D eigenvalue weighted by Crippen LogP contribution is -2.25. The Morgan fingerprint density at radius 1 is 0.892 bits per heavy atom. The molecule has 0 saturated carbocycles. The van der Waals surface area contributed by atoms with Gasteiger partial charge in [0.2, 0.25) is 5.91 Å². The molecule has 4 rings (SSSR count). The molecule has 6 heteroatoms. The molecule has 3 aromatic carbocycles. The van der Waals surface area contributed by atoms with E-state index in [0.29, 0.717) is 30.4 Å². The molecule has 1 N–H and O–H groups in total. The summed E-state index contributed by atoms with van der Waals surface area (Å²) in [5.41, 5.74) is 5.29. The largest absolute Gasteiger partial charge is 0.490 e. The molecule has 194 valence electrons. The highest BCUT2D eigenvalue weighted by atomic mass is 16.5. The second-order valence-electron chi connectivity index (χ2n) is 8.98. The van der Waals surface area contributed by atoms with Crippen LogP contribution < -0.4 is 14.8 Å². The van der Waals surface area contributed by atoms with E-state index >= 15 is 0 Å². The van der Waals surface area contributed by atoms with Gasteiger partial charge in [-0.05, 0) is 68.2 Å². The molecule has 0 bridgehead atoms. The summed E-state index contributed by atoms with van der Waals surface area (Å²) in [6.45, 7) is 12.4. The van der Waals surface area contributed by atoms with Gasteiger partial charge in [0.05, 0.1) is 24.6 Å². The third kappa shape index (κ3) is 6.20. The summed E-state index contributed by atoms with van der Waals surface area (Å²) in [5, 5.41) is 3.04. The van der Waals surface area contributed by atoms with Crippen LogP contribution in [0.4, 0.5) is 11.4 Å². The van der Waals surface area contributed by atoms with E-state index in [1.54, 1.807) is 0 Å². The van der Waals surface area contributed by atoms with Gasteiger partial charge in [-0.3, -0.25) is 9.79 Å². The van der Waals surface area contributed by atoms with Gasteiger partial charge in [-0.25, -0.2) is 0 Å². The Balaban J connectivity index is 1.71. The second-order valence-corrected chi connectivity index (χ2v) is 8.98. The minimum atomic E-state index is -0.561. The zero-order chi connectivity index (χ0) is 26.2. The van der Waals surface area contributed by atoms with Crippen molar-refractivity contribution in [3.8, 4) is 11.5 Å². The fourth-order valence-electron chi connectivity index (χ4n) is 4.68. The molecule has 0 fully saturated rings. The number of likely N-dealkylation sites (N-methyl/N-ethyl adjacent to an activating group) is 1. The van der Waals surface area contributed by atoms with Gasteiger partial charge in [0, 0.05) is 18.3 Å². The van der Waals surface area contributed by atoms with E-state index in [4.69, 9.17) is 14.5 Å². The lowest BCUT2D eigenvalue weighted by atomic mass is 9.90. The van der Waals surface area contributed by atoms with Crippen LogP contribution in [0.15, 0.2) is 71.7 Å². The lowest BCUT2D eigenvalue weighted by Gasteiger charge is -2.18. The number of aliphatic imine (C=N–C) groups is 1. The van der Waals surface area contributed by atoms with Gasteiger partial charge >= 0.3 is 0 Å². The number of hydrogen-bond acceptors (Lipinski definition) is 5. The van der Waals surface area contributed by atoms with Crippen molar-refractivity contribution in [2.75, 3.05) is 38.2 Å². The van der Waals surface area contributed by atoms with Crippen LogP contribution in [0.2, 0.25) is 0 Å². The van der Waals surface area contributed by atoms with Gasteiger partial charge < -0.3 is 19.7 Å². The lowest BCUT2D eigenvalue weighted by molar-refractivity contribution is -0.115. The Morgan fingerprint density at radius 2 is 1.54 bits per heavy atom. The second kappa shape index (κ2) is 12.5. The standard InChI is InChI=1S/C31H37N3O3/c1-5-34(6-2)19-18-22-14-16-24(17-15-22)32-30(23-12-10-9-11-13-23)29-25-20-27(36-7-3)28(37-8-4)21-26(25)33-31(29)35/h9-17,20-21,29H,5-8,18-19H2,1-4H3,(H,33,35). The maximum Gasteiger partial charge on any atom is 0.238 e. The third-order valence-electron chi connectivity index (χ3n) is 6.69. The molecular formula is C31H37N3O3. The number of carbonyl (C=O) groups excluding carboxylic acids is 1. The van der Waals surface area contributed by atoms with Crippen molar-refractivity contribution in [3.63, 3.8) is 0 Å². The van der Waals surface area contributed by atoms with Gasteiger partial charge in [0.25, 0.3) is 0 Å². The molecule has 0 spiro atoms. The Hall–Kier alpha value is -3.64. The van der Waals surface area contributed by atoms with Gasteiger partial charge in [0.1, 0.15) is 5.92 Å². The molecule has 1 unspecified atom stereocenters. The Labute approximate surface area is 220 Å². The molecule has 0 radical (unpaired) electrons. The van der Waals surface area contributed by atoms with Crippen molar-refractivity contribution in [1.29, 1.82) is 0 Å². The van der Waals surface area contributed by atoms with Crippen LogP contribution >= 0.6 is 0 Å². The fourth-order valence-corrected chi connectivity index (χ4v) is 4.68. The molecule has 1 atom stereocenters. The van der Waals surface area contributed by atoms with Crippen molar-refractivity contribution in [2.24, 2.45) is 4.99 Å². The number of rotatable bonds is 12. The first kappa shape index (κ1) is 26.4. The zero-order valence-electron chi connectivity index (χ0n) is 22.3. The number of anilines is 1. The number of benzene rings is 3. The van der Waals surface area contributed by atoms with Crippen molar-refractivity contribution >= 4 is 23.0 Å². The van der Waals surface area contributed by atoms with Crippen molar-refractivity contribution in [1.82, 2.24) is 4.90 Å². The van der Waals surface area contributed by atoms with Crippen LogP contribution in [0, 0.1) is 0 Å². The number of nitrogens with one attached hydrogen (secondary N) is 1. The Kier molecular flexibility index (Phi) is 8.96. The minimum Gasteiger partial charge on any atom is -0.490 e. The van der Waals surface area contributed by atoms with Crippen LogP contribution in [0.5, 0.6) is 11.5 Å². The minimum absolute atomic E-state index is 0.107. The summed E-state index contributed by atoms with van der Waals surface area (Å²) >= 11 is 0. The van der Waals surface area contributed by atoms with Gasteiger partial charge in [0.15, 0.2) is 11.5 Å². The average molecular weight is 500 g/mol. The van der Waals surface area contributed by atoms with E-state index in [-0.39, 0.29) is 5.91 Å². The molecule has 0 aromatic heterocycles. The zero-order valence-corrected chi connectivity index (χ0v) is 22.3. The maximum absolute atomic E-state index is 13.4. The highest BCUT2D eigenvalue weighted by Gasteiger charge is 2.36. The molecule has 37 heavy (non-hydrogen) atoms. The molecule has 3 aromatic rings. The summed E-state index contributed by atoms with van der Waals surface area (Å²) in [7, 11) is 0. The van der Waals surface area contributed by atoms with E-state index in [2.05, 4.69) is 36.2 Å². The highest BCUT2D eigenvalue weighted by Crippen LogP contribution is 2.43. The first-order chi connectivity index (χ1) is 18.1. The predicted molar refractivity (Wildman–Crippen MR) is 151 cm³/mol. The monoisotopic (exact) mass is 499 g/mol. The molecule has 0 saturated heterocycles. The fraction of sp³-hybridized carbons (Fsp3) is 0.355. The summed E-state index contributed by atoms with van der Waals surface area (Å²) in [6.07, 6.45) is 0.998. The van der Waals surface area contributed by atoms with E-state index in [1.807, 2.05) is 68.4 Å². The first-order valence-electron chi connectivity index (χ1n) is 13.3. The molecule has 1 amide bonds. The van der Waals surface area contributed by atoms with Crippen molar-refractivity contribution in [3.05, 3.63) is 83.4 Å². The SMILES string of the molecule is CCOc1cc2c(cc1OCC)C(C(=Nc1ccc(CCN(CC)CC)cc1)c1ccccc1)C(=O)N2. The smallest absolute Gasteiger partial charge is 0.238 e. The highest BCUT2D eigenvalue weighted by molar-refractivity contribution is 6.24. The number of ether oxygens (including phenoxy) is 2. The van der Waals surface area contributed by atoms with E-state index in [9.17, 15) is 4.79 Å². The molecular weight excluding hydrogens is 462 g/mol. The summed E-state index contributed by atoms with van der Waals surface area (Å²) in [5.74, 6) is 0.594. The van der Waals surface area contributed by atoms with Crippen LogP contribution in [0.1, 0.15) is 50.3 Å². The molecule has 1 aliphatic heterocycles. The number of hydrogen-bond donors (Lipinski definition) is 1. The Bertz CT molecular complexity index is 1220. The Morgan fingerprint density at radius 3 is 2.16 bits per heavy atom. The normalized spacial score (nSPS) is 15.0. The van der Waals surface area contributed by atoms with E-state index < -0.39 is 5.92 Å².